The molecule has 1 unspecified atom stereocenters. The topological polar surface area (TPSA) is 76.5 Å². The number of H-pyrrole nitrogens is 1. The van der Waals surface area contributed by atoms with E-state index in [-0.39, 0.29) is 5.78 Å². The first kappa shape index (κ1) is 21.2. The van der Waals surface area contributed by atoms with Gasteiger partial charge in [-0.1, -0.05) is 67.2 Å². The van der Waals surface area contributed by atoms with Gasteiger partial charge in [0.2, 0.25) is 0 Å². The standard InChI is InChI=1S/C26H23N5OS/c1-3-17-10-7-11-20-21(16-28-22(17)20)23(32)24(18-8-5-4-6-9-18)33-26-30-29-25(31(26)2)19-12-14-27-15-13-19/h4-16,24,28H,3H2,1-2H3. The van der Waals surface area contributed by atoms with Gasteiger partial charge in [-0.3, -0.25) is 9.78 Å². The first-order valence-electron chi connectivity index (χ1n) is 10.8. The minimum atomic E-state index is -0.455. The van der Waals surface area contributed by atoms with Gasteiger partial charge in [0.25, 0.3) is 0 Å². The van der Waals surface area contributed by atoms with E-state index in [0.717, 1.165) is 34.3 Å². The second-order valence-electron chi connectivity index (χ2n) is 7.77. The van der Waals surface area contributed by atoms with E-state index in [0.29, 0.717) is 10.7 Å². The molecule has 0 amide bonds. The van der Waals surface area contributed by atoms with Gasteiger partial charge in [0, 0.05) is 47.7 Å². The van der Waals surface area contributed by atoms with Crippen molar-refractivity contribution in [2.24, 2.45) is 7.05 Å². The normalized spacial score (nSPS) is 12.2. The van der Waals surface area contributed by atoms with Crippen LogP contribution in [0.4, 0.5) is 0 Å². The van der Waals surface area contributed by atoms with E-state index in [1.807, 2.05) is 72.4 Å². The highest BCUT2D eigenvalue weighted by Crippen LogP contribution is 2.39. The van der Waals surface area contributed by atoms with Crippen LogP contribution in [0.25, 0.3) is 22.3 Å². The average Bonchev–Trinajstić information content (AvgIpc) is 3.46. The summed E-state index contributed by atoms with van der Waals surface area (Å²) in [5, 5.41) is 9.96. The Morgan fingerprint density at radius 3 is 2.58 bits per heavy atom. The molecular weight excluding hydrogens is 430 g/mol. The van der Waals surface area contributed by atoms with Crippen molar-refractivity contribution < 1.29 is 4.79 Å². The SMILES string of the molecule is CCc1cccc2c(C(=O)C(Sc3nnc(-c4ccncc4)n3C)c3ccccc3)c[nH]c12. The van der Waals surface area contributed by atoms with Gasteiger partial charge in [-0.25, -0.2) is 0 Å². The molecule has 0 bridgehead atoms. The lowest BCUT2D eigenvalue weighted by atomic mass is 10.0. The van der Waals surface area contributed by atoms with Crippen LogP contribution in [0.2, 0.25) is 0 Å². The van der Waals surface area contributed by atoms with Crippen LogP contribution in [0.1, 0.15) is 33.7 Å². The Kier molecular flexibility index (Phi) is 5.79. The summed E-state index contributed by atoms with van der Waals surface area (Å²) in [6.07, 6.45) is 6.20. The van der Waals surface area contributed by atoms with E-state index >= 15 is 0 Å². The van der Waals surface area contributed by atoms with E-state index in [2.05, 4.69) is 33.2 Å². The monoisotopic (exact) mass is 453 g/mol. The smallest absolute Gasteiger partial charge is 0.192 e. The van der Waals surface area contributed by atoms with Crippen LogP contribution in [0.3, 0.4) is 0 Å². The second kappa shape index (κ2) is 9.03. The van der Waals surface area contributed by atoms with Crippen LogP contribution in [-0.2, 0) is 13.5 Å². The predicted octanol–water partition coefficient (Wildman–Crippen LogP) is 5.64. The third kappa shape index (κ3) is 3.96. The fraction of sp³-hybridized carbons (Fsp3) is 0.154. The van der Waals surface area contributed by atoms with Crippen LogP contribution in [0.15, 0.2) is 84.4 Å². The number of benzene rings is 2. The Labute approximate surface area is 196 Å². The van der Waals surface area contributed by atoms with Crippen molar-refractivity contribution >= 4 is 28.4 Å². The van der Waals surface area contributed by atoms with Crippen LogP contribution >= 0.6 is 11.8 Å². The van der Waals surface area contributed by atoms with Gasteiger partial charge in [-0.05, 0) is 29.7 Å². The third-order valence-corrected chi connectivity index (χ3v) is 7.07. The number of carbonyl (C=O) groups excluding carboxylic acids is 1. The number of rotatable bonds is 7. The molecular formula is C26H23N5OS. The average molecular weight is 454 g/mol. The number of carbonyl (C=O) groups is 1. The molecule has 5 rings (SSSR count). The molecule has 0 aliphatic carbocycles. The summed E-state index contributed by atoms with van der Waals surface area (Å²) in [4.78, 5) is 21.3. The van der Waals surface area contributed by atoms with Crippen molar-refractivity contribution in [3.8, 4) is 11.4 Å². The summed E-state index contributed by atoms with van der Waals surface area (Å²) < 4.78 is 1.92. The number of pyridine rings is 1. The number of hydrogen-bond acceptors (Lipinski definition) is 5. The number of aryl methyl sites for hydroxylation is 1. The molecule has 164 valence electrons. The van der Waals surface area contributed by atoms with E-state index in [1.165, 1.54) is 17.3 Å². The van der Waals surface area contributed by atoms with Gasteiger partial charge >= 0.3 is 0 Å². The fourth-order valence-corrected chi connectivity index (χ4v) is 5.10. The maximum Gasteiger partial charge on any atom is 0.192 e. The maximum atomic E-state index is 13.9. The highest BCUT2D eigenvalue weighted by atomic mass is 32.2. The molecule has 1 atom stereocenters. The van der Waals surface area contributed by atoms with E-state index in [4.69, 9.17) is 0 Å². The Bertz CT molecular complexity index is 1410. The molecule has 33 heavy (non-hydrogen) atoms. The van der Waals surface area contributed by atoms with Gasteiger partial charge in [0.1, 0.15) is 5.25 Å². The number of nitrogens with one attached hydrogen (secondary N) is 1. The molecule has 2 aromatic carbocycles. The van der Waals surface area contributed by atoms with Crippen molar-refractivity contribution in [1.29, 1.82) is 0 Å². The molecule has 0 saturated carbocycles. The lowest BCUT2D eigenvalue weighted by Gasteiger charge is -2.15. The summed E-state index contributed by atoms with van der Waals surface area (Å²) >= 11 is 1.42. The summed E-state index contributed by atoms with van der Waals surface area (Å²) in [7, 11) is 1.92. The fourth-order valence-electron chi connectivity index (χ4n) is 4.03. The molecule has 0 fully saturated rings. The molecule has 0 aliphatic heterocycles. The first-order valence-corrected chi connectivity index (χ1v) is 11.7. The maximum absolute atomic E-state index is 13.9. The number of hydrogen-bond donors (Lipinski definition) is 1. The third-order valence-electron chi connectivity index (χ3n) is 5.79. The van der Waals surface area contributed by atoms with Gasteiger partial charge < -0.3 is 9.55 Å². The van der Waals surface area contributed by atoms with Crippen molar-refractivity contribution in [2.75, 3.05) is 0 Å². The predicted molar refractivity (Wildman–Crippen MR) is 131 cm³/mol. The lowest BCUT2D eigenvalue weighted by molar-refractivity contribution is 0.0991. The zero-order chi connectivity index (χ0) is 22.8. The van der Waals surface area contributed by atoms with Crippen LogP contribution in [0, 0.1) is 0 Å². The van der Waals surface area contributed by atoms with E-state index < -0.39 is 5.25 Å². The van der Waals surface area contributed by atoms with Gasteiger partial charge in [0.05, 0.1) is 0 Å². The molecule has 0 saturated heterocycles. The quantitative estimate of drug-likeness (QED) is 0.255. The number of para-hydroxylation sites is 1. The number of aromatic nitrogens is 5. The summed E-state index contributed by atoms with van der Waals surface area (Å²) in [6, 6.07) is 19.8. The van der Waals surface area contributed by atoms with Gasteiger partial charge in [-0.15, -0.1) is 10.2 Å². The van der Waals surface area contributed by atoms with Crippen molar-refractivity contribution in [3.63, 3.8) is 0 Å². The second-order valence-corrected chi connectivity index (χ2v) is 8.84. The van der Waals surface area contributed by atoms with Crippen LogP contribution in [0.5, 0.6) is 0 Å². The Morgan fingerprint density at radius 2 is 1.82 bits per heavy atom. The molecule has 6 nitrogen and oxygen atoms in total. The molecule has 7 heteroatoms. The minimum absolute atomic E-state index is 0.0409. The highest BCUT2D eigenvalue weighted by molar-refractivity contribution is 8.00. The molecule has 0 spiro atoms. The minimum Gasteiger partial charge on any atom is -0.360 e. The molecule has 5 aromatic rings. The first-order chi connectivity index (χ1) is 16.2. The largest absolute Gasteiger partial charge is 0.360 e. The summed E-state index contributed by atoms with van der Waals surface area (Å²) in [5.74, 6) is 0.776. The zero-order valence-electron chi connectivity index (χ0n) is 18.4. The molecule has 3 aromatic heterocycles. The lowest BCUT2D eigenvalue weighted by Crippen LogP contribution is -2.11. The Balaban J connectivity index is 1.55. The number of nitrogens with zero attached hydrogens (tertiary/aromatic N) is 4. The van der Waals surface area contributed by atoms with Crippen molar-refractivity contribution in [1.82, 2.24) is 24.7 Å². The molecule has 3 heterocycles. The zero-order valence-corrected chi connectivity index (χ0v) is 19.2. The highest BCUT2D eigenvalue weighted by Gasteiger charge is 2.28. The summed E-state index contributed by atoms with van der Waals surface area (Å²) in [6.45, 7) is 2.12. The molecule has 0 radical (unpaired) electrons. The number of thioether (sulfide) groups is 1. The Morgan fingerprint density at radius 1 is 1.03 bits per heavy atom. The number of ketones is 1. The van der Waals surface area contributed by atoms with E-state index in [9.17, 15) is 4.79 Å². The van der Waals surface area contributed by atoms with Crippen LogP contribution in [-0.4, -0.2) is 30.5 Å². The van der Waals surface area contributed by atoms with Crippen molar-refractivity contribution in [2.45, 2.75) is 23.8 Å². The summed E-state index contributed by atoms with van der Waals surface area (Å²) in [5.41, 5.74) is 4.78. The number of Topliss-reactive ketones (excluding diaryl/α,β-unsaturated/α-hetero) is 1. The van der Waals surface area contributed by atoms with Crippen molar-refractivity contribution in [3.05, 3.63) is 95.9 Å². The number of aromatic amines is 1. The van der Waals surface area contributed by atoms with Crippen LogP contribution < -0.4 is 0 Å². The van der Waals surface area contributed by atoms with E-state index in [1.54, 1.807) is 12.4 Å². The van der Waals surface area contributed by atoms with Gasteiger partial charge in [-0.2, -0.15) is 0 Å². The van der Waals surface area contributed by atoms with Gasteiger partial charge in [0.15, 0.2) is 16.8 Å². The number of fused-ring (bicyclic) bond motifs is 1. The molecule has 1 N–H and O–H groups in total. The Hall–Kier alpha value is -3.71. The molecule has 0 aliphatic rings.